The summed E-state index contributed by atoms with van der Waals surface area (Å²) < 4.78 is 5.80. The van der Waals surface area contributed by atoms with Crippen molar-refractivity contribution < 1.29 is 19.7 Å². The molecule has 0 amide bonds. The maximum absolute atomic E-state index is 9.73. The molecule has 0 aliphatic heterocycles. The molecule has 1 aromatic carbocycles. The van der Waals surface area contributed by atoms with Gasteiger partial charge in [-0.3, -0.25) is 4.79 Å². The second-order valence-electron chi connectivity index (χ2n) is 5.65. The molecule has 2 aliphatic rings. The lowest BCUT2D eigenvalue weighted by atomic mass is 10.0. The van der Waals surface area contributed by atoms with Gasteiger partial charge in [0, 0.05) is 17.0 Å². The number of benzene rings is 2. The van der Waals surface area contributed by atoms with Gasteiger partial charge in [0.1, 0.15) is 22.6 Å². The highest BCUT2D eigenvalue weighted by Gasteiger charge is 2.19. The molecule has 0 aromatic heterocycles. The number of hydrogen-bond acceptors (Lipinski definition) is 3. The zero-order valence-electron chi connectivity index (χ0n) is 13.3. The first-order valence-electron chi connectivity index (χ1n) is 7.41. The van der Waals surface area contributed by atoms with Crippen LogP contribution in [0.1, 0.15) is 25.3 Å². The molecule has 0 saturated carbocycles. The van der Waals surface area contributed by atoms with Gasteiger partial charge in [-0.05, 0) is 41.8 Å². The predicted octanol–water partition coefficient (Wildman–Crippen LogP) is 5.21. The summed E-state index contributed by atoms with van der Waals surface area (Å²) in [6, 6.07) is 11.5. The van der Waals surface area contributed by atoms with Crippen LogP contribution < -0.4 is 4.74 Å². The fraction of sp³-hybridized carbons (Fsp3) is 0.278. The molecule has 0 bridgehead atoms. The molecule has 128 valence electrons. The minimum Gasteiger partial charge on any atom is -0.508 e. The summed E-state index contributed by atoms with van der Waals surface area (Å²) in [5, 5.41) is 16.8. The second-order valence-corrected chi connectivity index (χ2v) is 6.48. The number of fused-ring (bicyclic) bond motifs is 1. The van der Waals surface area contributed by atoms with Crippen LogP contribution in [0.4, 0.5) is 0 Å². The molecule has 0 spiro atoms. The molecule has 24 heavy (non-hydrogen) atoms. The van der Waals surface area contributed by atoms with Crippen LogP contribution in [0.2, 0.25) is 0 Å². The molecule has 3 rings (SSSR count). The lowest BCUT2D eigenvalue weighted by molar-refractivity contribution is -0.136. The number of phenols is 1. The van der Waals surface area contributed by atoms with Crippen molar-refractivity contribution in [1.29, 1.82) is 0 Å². The quantitative estimate of drug-likeness (QED) is 0.606. The van der Waals surface area contributed by atoms with E-state index in [1.54, 1.807) is 12.1 Å². The Morgan fingerprint density at radius 2 is 1.92 bits per heavy atom. The molecule has 2 aliphatic carbocycles. The van der Waals surface area contributed by atoms with Gasteiger partial charge in [0.2, 0.25) is 0 Å². The lowest BCUT2D eigenvalue weighted by Crippen LogP contribution is -2.13. The fourth-order valence-corrected chi connectivity index (χ4v) is 2.20. The predicted molar refractivity (Wildman–Crippen MR) is 95.7 cm³/mol. The van der Waals surface area contributed by atoms with Crippen molar-refractivity contribution in [3.8, 4) is 28.4 Å². The summed E-state index contributed by atoms with van der Waals surface area (Å²) in [6.45, 7) is 4.10. The van der Waals surface area contributed by atoms with E-state index in [4.69, 9.17) is 33.0 Å². The fourth-order valence-electron chi connectivity index (χ4n) is 2.07. The van der Waals surface area contributed by atoms with E-state index in [-0.39, 0.29) is 11.8 Å². The van der Waals surface area contributed by atoms with Crippen molar-refractivity contribution >= 4 is 29.2 Å². The van der Waals surface area contributed by atoms with Crippen molar-refractivity contribution in [1.82, 2.24) is 0 Å². The molecule has 6 heteroatoms. The van der Waals surface area contributed by atoms with E-state index in [2.05, 4.69) is 26.0 Å². The van der Waals surface area contributed by atoms with E-state index < -0.39 is 11.3 Å². The van der Waals surface area contributed by atoms with Crippen LogP contribution in [0.25, 0.3) is 11.1 Å². The number of aromatic hydroxyl groups is 1. The SMILES string of the molecule is CC(C)c1cc(Oc2ccc3cc2-3)ccc1O.O=C(O)C(Cl)CCl. The molecule has 0 radical (unpaired) electrons. The van der Waals surface area contributed by atoms with Crippen LogP contribution in [-0.2, 0) is 4.79 Å². The molecule has 1 unspecified atom stereocenters. The molecule has 0 fully saturated rings. The number of phenolic OH excluding ortho intramolecular Hbond substituents is 1. The monoisotopic (exact) mass is 368 g/mol. The van der Waals surface area contributed by atoms with E-state index in [1.807, 2.05) is 12.1 Å². The zero-order chi connectivity index (χ0) is 17.9. The van der Waals surface area contributed by atoms with Crippen LogP contribution in [0, 0.1) is 0 Å². The average Bonchev–Trinajstić information content (AvgIpc) is 3.23. The maximum atomic E-state index is 9.73. The van der Waals surface area contributed by atoms with E-state index in [0.29, 0.717) is 5.75 Å². The molecular weight excluding hydrogens is 351 g/mol. The highest BCUT2D eigenvalue weighted by molar-refractivity contribution is 6.35. The Morgan fingerprint density at radius 1 is 1.21 bits per heavy atom. The number of hydrogen-bond donors (Lipinski definition) is 2. The standard InChI is InChI=1S/C15H14O2.C3H4Cl2O2/c1-9(2)12-8-11(4-5-14(12)16)17-15-6-3-10-7-13(10)15;4-1-2(5)3(6)7/h3-9,16H,1-2H3;2H,1H2,(H,6,7). The summed E-state index contributed by atoms with van der Waals surface area (Å²) in [7, 11) is 0. The van der Waals surface area contributed by atoms with Crippen LogP contribution in [0.15, 0.2) is 36.4 Å². The second kappa shape index (κ2) is 7.77. The third-order valence-corrected chi connectivity index (χ3v) is 4.27. The van der Waals surface area contributed by atoms with E-state index in [0.717, 1.165) is 17.1 Å². The number of alkyl halides is 2. The van der Waals surface area contributed by atoms with Crippen LogP contribution in [-0.4, -0.2) is 27.4 Å². The van der Waals surface area contributed by atoms with E-state index in [1.165, 1.54) is 11.1 Å². The van der Waals surface area contributed by atoms with Gasteiger partial charge in [-0.15, -0.1) is 23.2 Å². The van der Waals surface area contributed by atoms with Crippen LogP contribution in [0.3, 0.4) is 0 Å². The molecule has 0 saturated heterocycles. The highest BCUT2D eigenvalue weighted by atomic mass is 35.5. The van der Waals surface area contributed by atoms with Gasteiger partial charge < -0.3 is 14.9 Å². The van der Waals surface area contributed by atoms with Gasteiger partial charge >= 0.3 is 5.97 Å². The van der Waals surface area contributed by atoms with Crippen molar-refractivity contribution in [2.75, 3.05) is 5.88 Å². The summed E-state index contributed by atoms with van der Waals surface area (Å²) in [4.78, 5) is 9.71. The molecule has 0 heterocycles. The normalized spacial score (nSPS) is 12.2. The Bertz CT molecular complexity index is 744. The Labute approximate surface area is 150 Å². The van der Waals surface area contributed by atoms with E-state index in [9.17, 15) is 9.90 Å². The number of rotatable bonds is 5. The van der Waals surface area contributed by atoms with Gasteiger partial charge in [-0.1, -0.05) is 19.9 Å². The molecule has 1 aromatic rings. The smallest absolute Gasteiger partial charge is 0.322 e. The Kier molecular flexibility index (Phi) is 5.97. The lowest BCUT2D eigenvalue weighted by Gasteiger charge is -2.11. The van der Waals surface area contributed by atoms with Crippen molar-refractivity contribution in [2.24, 2.45) is 0 Å². The number of carboxylic acids is 1. The minimum atomic E-state index is -1.07. The van der Waals surface area contributed by atoms with Gasteiger partial charge in [0.25, 0.3) is 0 Å². The molecular formula is C18H18Cl2O4. The van der Waals surface area contributed by atoms with Gasteiger partial charge in [-0.2, -0.15) is 0 Å². The van der Waals surface area contributed by atoms with Crippen LogP contribution in [0.5, 0.6) is 17.2 Å². The molecule has 2 N–H and O–H groups in total. The Balaban J connectivity index is 0.000000256. The number of aliphatic carboxylic acids is 1. The molecule has 4 nitrogen and oxygen atoms in total. The van der Waals surface area contributed by atoms with Gasteiger partial charge in [-0.25, -0.2) is 0 Å². The first kappa shape index (κ1) is 18.4. The third kappa shape index (κ3) is 4.56. The number of halogens is 2. The summed E-state index contributed by atoms with van der Waals surface area (Å²) >= 11 is 10.1. The van der Waals surface area contributed by atoms with E-state index >= 15 is 0 Å². The van der Waals surface area contributed by atoms with Gasteiger partial charge in [0.15, 0.2) is 0 Å². The topological polar surface area (TPSA) is 66.8 Å². The van der Waals surface area contributed by atoms with Crippen molar-refractivity contribution in [3.63, 3.8) is 0 Å². The Hall–Kier alpha value is -1.91. The largest absolute Gasteiger partial charge is 0.508 e. The van der Waals surface area contributed by atoms with Gasteiger partial charge in [0.05, 0.1) is 0 Å². The summed E-state index contributed by atoms with van der Waals surface area (Å²) in [6.07, 6.45) is 0. The highest BCUT2D eigenvalue weighted by Crippen LogP contribution is 2.45. The van der Waals surface area contributed by atoms with Crippen molar-refractivity contribution in [3.05, 3.63) is 42.0 Å². The number of carbonyl (C=O) groups is 1. The first-order valence-corrected chi connectivity index (χ1v) is 8.38. The first-order chi connectivity index (χ1) is 11.3. The number of ether oxygens (including phenoxy) is 1. The summed E-state index contributed by atoms with van der Waals surface area (Å²) in [5.41, 5.74) is 3.38. The maximum Gasteiger partial charge on any atom is 0.322 e. The summed E-state index contributed by atoms with van der Waals surface area (Å²) in [5.74, 6) is 1.18. The third-order valence-electron chi connectivity index (χ3n) is 3.46. The zero-order valence-corrected chi connectivity index (χ0v) is 14.8. The van der Waals surface area contributed by atoms with Crippen molar-refractivity contribution in [2.45, 2.75) is 25.1 Å². The van der Waals surface area contributed by atoms with Crippen LogP contribution >= 0.6 is 23.2 Å². The Morgan fingerprint density at radius 3 is 2.33 bits per heavy atom. The number of carboxylic acid groups (broad SMARTS) is 1. The molecule has 1 atom stereocenters. The average molecular weight is 369 g/mol. The minimum absolute atomic E-state index is 0.0448.